The quantitative estimate of drug-likeness (QED) is 0.824. The second-order valence-corrected chi connectivity index (χ2v) is 5.68. The molecule has 17 heavy (non-hydrogen) atoms. The molecule has 2 heterocycles. The van der Waals surface area contributed by atoms with Crippen LogP contribution in [0.5, 0.6) is 0 Å². The van der Waals surface area contributed by atoms with Crippen LogP contribution in [0, 0.1) is 5.92 Å². The Morgan fingerprint density at radius 3 is 2.41 bits per heavy atom. The van der Waals surface area contributed by atoms with Crippen LogP contribution in [0.2, 0.25) is 0 Å². The van der Waals surface area contributed by atoms with Crippen LogP contribution in [0.15, 0.2) is 0 Å². The molecule has 5 heteroatoms. The van der Waals surface area contributed by atoms with Crippen molar-refractivity contribution in [2.75, 3.05) is 13.1 Å². The molecule has 2 rings (SSSR count). The minimum Gasteiger partial charge on any atom is -0.311 e. The smallest absolute Gasteiger partial charge is 0.311 e. The molecule has 2 aliphatic rings. The number of nitrogens with zero attached hydrogens (tertiary/aromatic N) is 1. The molecule has 0 aliphatic carbocycles. The van der Waals surface area contributed by atoms with Gasteiger partial charge in [-0.25, -0.2) is 0 Å². The first-order chi connectivity index (χ1) is 7.85. The van der Waals surface area contributed by atoms with E-state index in [-0.39, 0.29) is 6.04 Å². The van der Waals surface area contributed by atoms with Crippen molar-refractivity contribution in [2.45, 2.75) is 57.4 Å². The summed E-state index contributed by atoms with van der Waals surface area (Å²) < 4.78 is 37.4. The zero-order chi connectivity index (χ0) is 12.6. The van der Waals surface area contributed by atoms with Crippen LogP contribution in [0.25, 0.3) is 0 Å². The lowest BCUT2D eigenvalue weighted by Crippen LogP contribution is -2.44. The maximum atomic E-state index is 12.5. The van der Waals surface area contributed by atoms with E-state index in [1.165, 1.54) is 6.42 Å². The molecular formula is C12H21F3N2. The number of fused-ring (bicyclic) bond motifs is 2. The van der Waals surface area contributed by atoms with Crippen LogP contribution in [-0.4, -0.2) is 42.3 Å². The van der Waals surface area contributed by atoms with E-state index in [2.05, 4.69) is 5.32 Å². The molecule has 0 aromatic heterocycles. The average molecular weight is 250 g/mol. The number of nitrogens with one attached hydrogen (secondary N) is 1. The monoisotopic (exact) mass is 250 g/mol. The zero-order valence-corrected chi connectivity index (χ0v) is 10.4. The molecule has 2 aliphatic heterocycles. The first-order valence-corrected chi connectivity index (χ1v) is 6.42. The fraction of sp³-hybridized carbons (Fsp3) is 1.00. The van der Waals surface area contributed by atoms with Crippen molar-refractivity contribution < 1.29 is 13.2 Å². The van der Waals surface area contributed by atoms with Crippen LogP contribution in [-0.2, 0) is 0 Å². The molecule has 0 saturated carbocycles. The van der Waals surface area contributed by atoms with Gasteiger partial charge in [-0.1, -0.05) is 0 Å². The molecule has 0 aromatic rings. The van der Waals surface area contributed by atoms with Gasteiger partial charge in [0.25, 0.3) is 0 Å². The highest BCUT2D eigenvalue weighted by atomic mass is 19.4. The Bertz CT molecular complexity index is 265. The predicted octanol–water partition coefficient (Wildman–Crippen LogP) is 2.40. The van der Waals surface area contributed by atoms with E-state index in [0.717, 1.165) is 12.8 Å². The van der Waals surface area contributed by atoms with E-state index in [1.54, 1.807) is 4.90 Å². The predicted molar refractivity (Wildman–Crippen MR) is 60.8 cm³/mol. The highest BCUT2D eigenvalue weighted by Gasteiger charge is 2.41. The standard InChI is InChI=1S/C12H21F3N2/c1-8(2)17(7-12(13,14)15)6-9-5-10-3-4-11(9)16-10/h8-11,16H,3-7H2,1-2H3. The van der Waals surface area contributed by atoms with Crippen molar-refractivity contribution in [1.82, 2.24) is 10.2 Å². The van der Waals surface area contributed by atoms with Gasteiger partial charge in [0.05, 0.1) is 6.54 Å². The lowest BCUT2D eigenvalue weighted by molar-refractivity contribution is -0.151. The van der Waals surface area contributed by atoms with Gasteiger partial charge < -0.3 is 5.32 Å². The van der Waals surface area contributed by atoms with E-state index in [4.69, 9.17) is 0 Å². The Kier molecular flexibility index (Phi) is 3.69. The van der Waals surface area contributed by atoms with Gasteiger partial charge in [-0.2, -0.15) is 13.2 Å². The largest absolute Gasteiger partial charge is 0.401 e. The third-order valence-electron chi connectivity index (χ3n) is 4.01. The van der Waals surface area contributed by atoms with Crippen LogP contribution in [0.1, 0.15) is 33.1 Å². The molecule has 1 N–H and O–H groups in total. The van der Waals surface area contributed by atoms with Crippen LogP contribution in [0.4, 0.5) is 13.2 Å². The lowest BCUT2D eigenvalue weighted by atomic mass is 9.88. The Morgan fingerprint density at radius 2 is 2.00 bits per heavy atom. The highest BCUT2D eigenvalue weighted by molar-refractivity contribution is 4.98. The van der Waals surface area contributed by atoms with E-state index in [9.17, 15) is 13.2 Å². The second-order valence-electron chi connectivity index (χ2n) is 5.68. The molecule has 2 fully saturated rings. The van der Waals surface area contributed by atoms with Crippen LogP contribution >= 0.6 is 0 Å². The lowest BCUT2D eigenvalue weighted by Gasteiger charge is -2.32. The fourth-order valence-electron chi connectivity index (χ4n) is 3.13. The Balaban J connectivity index is 1.89. The first kappa shape index (κ1) is 13.1. The fourth-order valence-corrected chi connectivity index (χ4v) is 3.13. The summed E-state index contributed by atoms with van der Waals surface area (Å²) in [4.78, 5) is 1.56. The van der Waals surface area contributed by atoms with Gasteiger partial charge in [-0.3, -0.25) is 4.90 Å². The van der Waals surface area contributed by atoms with Gasteiger partial charge in [0.15, 0.2) is 0 Å². The van der Waals surface area contributed by atoms with Crippen LogP contribution in [0.3, 0.4) is 0 Å². The maximum absolute atomic E-state index is 12.5. The third-order valence-corrected chi connectivity index (χ3v) is 4.01. The third kappa shape index (κ3) is 3.35. The van der Waals surface area contributed by atoms with E-state index < -0.39 is 12.7 Å². The highest BCUT2D eigenvalue weighted by Crippen LogP contribution is 2.34. The number of hydrogen-bond donors (Lipinski definition) is 1. The number of alkyl halides is 3. The minimum absolute atomic E-state index is 0.0456. The van der Waals surface area contributed by atoms with Crippen molar-refractivity contribution in [3.8, 4) is 0 Å². The summed E-state index contributed by atoms with van der Waals surface area (Å²) in [7, 11) is 0. The summed E-state index contributed by atoms with van der Waals surface area (Å²) in [5, 5.41) is 3.48. The van der Waals surface area contributed by atoms with Gasteiger partial charge in [0.1, 0.15) is 0 Å². The van der Waals surface area contributed by atoms with Crippen molar-refractivity contribution in [3.63, 3.8) is 0 Å². The molecule has 2 nitrogen and oxygen atoms in total. The van der Waals surface area contributed by atoms with E-state index in [0.29, 0.717) is 24.5 Å². The Morgan fingerprint density at radius 1 is 1.29 bits per heavy atom. The van der Waals surface area contributed by atoms with E-state index in [1.807, 2.05) is 13.8 Å². The summed E-state index contributed by atoms with van der Waals surface area (Å²) in [6.07, 6.45) is -0.712. The molecule has 2 saturated heterocycles. The Hall–Kier alpha value is -0.290. The SMILES string of the molecule is CC(C)N(CC1CC2CCC1N2)CC(F)(F)F. The zero-order valence-electron chi connectivity index (χ0n) is 10.4. The summed E-state index contributed by atoms with van der Waals surface area (Å²) in [5.74, 6) is 0.401. The van der Waals surface area contributed by atoms with Gasteiger partial charge in [0.2, 0.25) is 0 Å². The van der Waals surface area contributed by atoms with Crippen molar-refractivity contribution in [2.24, 2.45) is 5.92 Å². The Labute approximate surface area is 101 Å². The van der Waals surface area contributed by atoms with Crippen molar-refractivity contribution in [1.29, 1.82) is 0 Å². The normalized spacial score (nSPS) is 33.0. The molecule has 2 bridgehead atoms. The van der Waals surface area contributed by atoms with Gasteiger partial charge in [-0.15, -0.1) is 0 Å². The summed E-state index contributed by atoms with van der Waals surface area (Å²) >= 11 is 0. The summed E-state index contributed by atoms with van der Waals surface area (Å²) in [6, 6.07) is 0.968. The topological polar surface area (TPSA) is 15.3 Å². The van der Waals surface area contributed by atoms with Gasteiger partial charge in [-0.05, 0) is 39.0 Å². The number of rotatable bonds is 4. The van der Waals surface area contributed by atoms with Gasteiger partial charge in [0, 0.05) is 24.7 Å². The minimum atomic E-state index is -4.09. The molecule has 0 radical (unpaired) electrons. The van der Waals surface area contributed by atoms with Gasteiger partial charge >= 0.3 is 6.18 Å². The van der Waals surface area contributed by atoms with Crippen molar-refractivity contribution in [3.05, 3.63) is 0 Å². The van der Waals surface area contributed by atoms with Crippen molar-refractivity contribution >= 4 is 0 Å². The van der Waals surface area contributed by atoms with Crippen LogP contribution < -0.4 is 5.32 Å². The molecule has 100 valence electrons. The summed E-state index contributed by atoms with van der Waals surface area (Å²) in [6.45, 7) is 3.47. The van der Waals surface area contributed by atoms with E-state index >= 15 is 0 Å². The second kappa shape index (κ2) is 4.76. The number of hydrogen-bond acceptors (Lipinski definition) is 2. The molecule has 0 spiro atoms. The number of halogens is 3. The molecular weight excluding hydrogens is 229 g/mol. The molecule has 0 amide bonds. The maximum Gasteiger partial charge on any atom is 0.401 e. The molecule has 0 aromatic carbocycles. The molecule has 3 atom stereocenters. The average Bonchev–Trinajstić information content (AvgIpc) is 2.75. The first-order valence-electron chi connectivity index (χ1n) is 6.42. The molecule has 3 unspecified atom stereocenters. The summed E-state index contributed by atoms with van der Waals surface area (Å²) in [5.41, 5.74) is 0.